The molecule has 1 amide bonds. The van der Waals surface area contributed by atoms with E-state index in [4.69, 9.17) is 9.05 Å². The third-order valence-electron chi connectivity index (χ3n) is 10.2. The van der Waals surface area contributed by atoms with Crippen molar-refractivity contribution in [2.45, 2.75) is 219 Å². The van der Waals surface area contributed by atoms with Crippen LogP contribution in [0.3, 0.4) is 0 Å². The first-order valence-corrected chi connectivity index (χ1v) is 24.2. The van der Waals surface area contributed by atoms with Crippen LogP contribution in [0, 0.1) is 0 Å². The number of nitrogens with zero attached hydrogens (tertiary/aromatic N) is 1. The number of unbranched alkanes of at least 4 members (excludes halogenated alkanes) is 24. The highest BCUT2D eigenvalue weighted by Crippen LogP contribution is 2.43. The average molecular weight is 786 g/mol. The quantitative estimate of drug-likeness (QED) is 0.0247. The zero-order valence-corrected chi connectivity index (χ0v) is 37.1. The van der Waals surface area contributed by atoms with Crippen molar-refractivity contribution in [2.75, 3.05) is 40.9 Å². The lowest BCUT2D eigenvalue weighted by molar-refractivity contribution is -0.870. The van der Waals surface area contributed by atoms with E-state index in [1.54, 1.807) is 0 Å². The molecule has 54 heavy (non-hydrogen) atoms. The maximum atomic E-state index is 12.9. The van der Waals surface area contributed by atoms with Crippen molar-refractivity contribution >= 4 is 13.7 Å². The molecule has 3 unspecified atom stereocenters. The van der Waals surface area contributed by atoms with Gasteiger partial charge in [0, 0.05) is 6.42 Å². The molecule has 0 aromatic rings. The maximum Gasteiger partial charge on any atom is 0.472 e. The molecule has 0 aromatic heterocycles. The molecular weight excluding hydrogens is 695 g/mol. The highest BCUT2D eigenvalue weighted by Gasteiger charge is 2.28. The Morgan fingerprint density at radius 2 is 1.06 bits per heavy atom. The number of rotatable bonds is 41. The van der Waals surface area contributed by atoms with Gasteiger partial charge in [0.05, 0.1) is 39.9 Å². The molecule has 9 heteroatoms. The highest BCUT2D eigenvalue weighted by atomic mass is 31.2. The van der Waals surface area contributed by atoms with Crippen LogP contribution < -0.4 is 5.32 Å². The van der Waals surface area contributed by atoms with Gasteiger partial charge in [0.2, 0.25) is 5.91 Å². The molecule has 0 bridgehead atoms. The summed E-state index contributed by atoms with van der Waals surface area (Å²) in [6.45, 7) is 4.86. The summed E-state index contributed by atoms with van der Waals surface area (Å²) in [6.07, 6.45) is 43.4. The van der Waals surface area contributed by atoms with Crippen LogP contribution in [-0.4, -0.2) is 73.4 Å². The molecule has 0 aliphatic heterocycles. The first-order valence-electron chi connectivity index (χ1n) is 22.7. The number of allylic oxidation sites excluding steroid dienone is 4. The van der Waals surface area contributed by atoms with Crippen molar-refractivity contribution in [1.82, 2.24) is 5.32 Å². The molecular formula is C45H90N2O6P+. The molecule has 0 aliphatic rings. The fourth-order valence-electron chi connectivity index (χ4n) is 6.55. The first-order chi connectivity index (χ1) is 26.0. The topological polar surface area (TPSA) is 105 Å². The van der Waals surface area contributed by atoms with Gasteiger partial charge in [-0.25, -0.2) is 4.57 Å². The van der Waals surface area contributed by atoms with Crippen molar-refractivity contribution in [3.05, 3.63) is 24.3 Å². The number of quaternary nitrogens is 1. The first kappa shape index (κ1) is 53.0. The van der Waals surface area contributed by atoms with Crippen molar-refractivity contribution in [3.63, 3.8) is 0 Å². The lowest BCUT2D eigenvalue weighted by Crippen LogP contribution is -2.46. The van der Waals surface area contributed by atoms with Gasteiger partial charge >= 0.3 is 7.82 Å². The second-order valence-electron chi connectivity index (χ2n) is 16.8. The zero-order valence-electron chi connectivity index (χ0n) is 36.2. The third-order valence-corrected chi connectivity index (χ3v) is 11.2. The van der Waals surface area contributed by atoms with Crippen LogP contribution in [0.15, 0.2) is 24.3 Å². The smallest absolute Gasteiger partial charge is 0.391 e. The summed E-state index contributed by atoms with van der Waals surface area (Å²) in [5.41, 5.74) is 0. The Labute approximate surface area is 334 Å². The molecule has 0 saturated heterocycles. The SMILES string of the molecule is CCCCC/C=C\C/C=C\CCCCCCCCCCCC(=O)NC(COP(=O)(O)OCC[N+](C)(C)C)C(O)CCCCCCCCCCCCCCC. The fourth-order valence-corrected chi connectivity index (χ4v) is 7.28. The van der Waals surface area contributed by atoms with Gasteiger partial charge in [-0.15, -0.1) is 0 Å². The number of hydrogen-bond acceptors (Lipinski definition) is 5. The van der Waals surface area contributed by atoms with E-state index in [1.807, 2.05) is 21.1 Å². The highest BCUT2D eigenvalue weighted by molar-refractivity contribution is 7.47. The van der Waals surface area contributed by atoms with E-state index in [-0.39, 0.29) is 19.1 Å². The van der Waals surface area contributed by atoms with E-state index in [9.17, 15) is 19.4 Å². The molecule has 0 aliphatic carbocycles. The van der Waals surface area contributed by atoms with Crippen molar-refractivity contribution in [3.8, 4) is 0 Å². The van der Waals surface area contributed by atoms with Crippen molar-refractivity contribution in [2.24, 2.45) is 0 Å². The molecule has 0 heterocycles. The number of amides is 1. The van der Waals surface area contributed by atoms with Crippen LogP contribution in [0.1, 0.15) is 206 Å². The Morgan fingerprint density at radius 3 is 1.56 bits per heavy atom. The van der Waals surface area contributed by atoms with Crippen molar-refractivity contribution < 1.29 is 32.9 Å². The second kappa shape index (κ2) is 37.6. The Balaban J connectivity index is 4.32. The summed E-state index contributed by atoms with van der Waals surface area (Å²) in [4.78, 5) is 23.1. The average Bonchev–Trinajstić information content (AvgIpc) is 3.12. The van der Waals surface area contributed by atoms with Gasteiger partial charge in [-0.05, 0) is 44.9 Å². The number of carbonyl (C=O) groups excluding carboxylic acids is 1. The number of phosphoric acid groups is 1. The molecule has 0 aromatic carbocycles. The molecule has 0 saturated carbocycles. The van der Waals surface area contributed by atoms with Crippen LogP contribution in [0.4, 0.5) is 0 Å². The number of likely N-dealkylation sites (N-methyl/N-ethyl adjacent to an activating group) is 1. The number of hydrogen-bond donors (Lipinski definition) is 3. The normalized spacial score (nSPS) is 14.6. The summed E-state index contributed by atoms with van der Waals surface area (Å²) in [5, 5.41) is 13.9. The van der Waals surface area contributed by atoms with Gasteiger partial charge in [0.1, 0.15) is 13.2 Å². The standard InChI is InChI=1S/C45H89N2O6P/c1-6-8-10-12-14-16-18-20-21-22-23-24-25-27-29-31-33-35-37-39-45(49)46-43(42-53-54(50,51)52-41-40-47(3,4)5)44(48)38-36-34-32-30-28-26-19-17-15-13-11-9-7-2/h14,16,20-21,43-44,48H,6-13,15,17-19,22-42H2,1-5H3,(H-,46,49,50,51)/p+1/b16-14-,21-20-. The minimum Gasteiger partial charge on any atom is -0.391 e. The van der Waals surface area contributed by atoms with E-state index < -0.39 is 20.0 Å². The van der Waals surface area contributed by atoms with Crippen molar-refractivity contribution in [1.29, 1.82) is 0 Å². The summed E-state index contributed by atoms with van der Waals surface area (Å²) >= 11 is 0. The van der Waals surface area contributed by atoms with E-state index in [0.717, 1.165) is 44.9 Å². The molecule has 3 atom stereocenters. The minimum absolute atomic E-state index is 0.0744. The Hall–Kier alpha value is -1.02. The molecule has 3 N–H and O–H groups in total. The molecule has 0 fully saturated rings. The largest absolute Gasteiger partial charge is 0.472 e. The number of nitrogens with one attached hydrogen (secondary N) is 1. The molecule has 0 spiro atoms. The van der Waals surface area contributed by atoms with Gasteiger partial charge in [-0.2, -0.15) is 0 Å². The molecule has 8 nitrogen and oxygen atoms in total. The zero-order chi connectivity index (χ0) is 40.0. The Morgan fingerprint density at radius 1 is 0.630 bits per heavy atom. The summed E-state index contributed by atoms with van der Waals surface area (Å²) in [6, 6.07) is -0.759. The van der Waals surface area contributed by atoms with E-state index >= 15 is 0 Å². The fraction of sp³-hybridized carbons (Fsp3) is 0.889. The summed E-state index contributed by atoms with van der Waals surface area (Å²) in [5.74, 6) is -0.149. The van der Waals surface area contributed by atoms with Gasteiger partial charge in [0.25, 0.3) is 0 Å². The number of aliphatic hydroxyl groups is 1. The van der Waals surface area contributed by atoms with Gasteiger partial charge < -0.3 is 19.8 Å². The van der Waals surface area contributed by atoms with E-state index in [1.165, 1.54) is 135 Å². The predicted molar refractivity (Wildman–Crippen MR) is 231 cm³/mol. The van der Waals surface area contributed by atoms with Gasteiger partial charge in [-0.3, -0.25) is 13.8 Å². The molecule has 0 radical (unpaired) electrons. The number of carbonyl (C=O) groups is 1. The van der Waals surface area contributed by atoms with Crippen LogP contribution in [0.2, 0.25) is 0 Å². The number of aliphatic hydroxyl groups excluding tert-OH is 1. The maximum absolute atomic E-state index is 12.9. The predicted octanol–water partition coefficient (Wildman–Crippen LogP) is 12.5. The lowest BCUT2D eigenvalue weighted by Gasteiger charge is -2.26. The third kappa shape index (κ3) is 39.2. The monoisotopic (exact) mass is 786 g/mol. The van der Waals surface area contributed by atoms with Gasteiger partial charge in [0.15, 0.2) is 0 Å². The van der Waals surface area contributed by atoms with Crippen LogP contribution in [0.25, 0.3) is 0 Å². The summed E-state index contributed by atoms with van der Waals surface area (Å²) in [7, 11) is 1.61. The summed E-state index contributed by atoms with van der Waals surface area (Å²) < 4.78 is 23.6. The van der Waals surface area contributed by atoms with Crippen LogP contribution in [0.5, 0.6) is 0 Å². The van der Waals surface area contributed by atoms with Crippen LogP contribution in [-0.2, 0) is 18.4 Å². The Bertz CT molecular complexity index is 938. The molecule has 0 rings (SSSR count). The minimum atomic E-state index is -4.31. The van der Waals surface area contributed by atoms with Crippen LogP contribution >= 0.6 is 7.82 Å². The number of phosphoric ester groups is 1. The van der Waals surface area contributed by atoms with E-state index in [2.05, 4.69) is 43.5 Å². The second-order valence-corrected chi connectivity index (χ2v) is 18.2. The van der Waals surface area contributed by atoms with E-state index in [0.29, 0.717) is 23.9 Å². The van der Waals surface area contributed by atoms with Gasteiger partial charge in [-0.1, -0.05) is 179 Å². The lowest BCUT2D eigenvalue weighted by atomic mass is 10.0. The molecule has 320 valence electrons. The Kier molecular flexibility index (Phi) is 36.8.